The minimum atomic E-state index is -3.60. The second-order valence-corrected chi connectivity index (χ2v) is 8.12. The van der Waals surface area contributed by atoms with E-state index in [2.05, 4.69) is 9.82 Å². The van der Waals surface area contributed by atoms with E-state index in [1.807, 2.05) is 6.20 Å². The molecule has 7 nitrogen and oxygen atoms in total. The van der Waals surface area contributed by atoms with Gasteiger partial charge >= 0.3 is 0 Å². The SMILES string of the molecule is CN(C)C(=O)Cn1cc2c(n1)[C@@H](NS(=O)(=O)c1ccccc1)CCC2. The minimum absolute atomic E-state index is 0.0544. The molecule has 2 aromatic rings. The average molecular weight is 362 g/mol. The van der Waals surface area contributed by atoms with Gasteiger partial charge in [-0.2, -0.15) is 5.10 Å². The summed E-state index contributed by atoms with van der Waals surface area (Å²) in [6.07, 6.45) is 4.26. The lowest BCUT2D eigenvalue weighted by atomic mass is 9.94. The number of nitrogens with one attached hydrogen (secondary N) is 1. The molecule has 1 aliphatic rings. The number of carbonyl (C=O) groups is 1. The number of aromatic nitrogens is 2. The van der Waals surface area contributed by atoms with E-state index in [4.69, 9.17) is 0 Å². The highest BCUT2D eigenvalue weighted by Gasteiger charge is 2.28. The quantitative estimate of drug-likeness (QED) is 0.870. The molecule has 0 saturated heterocycles. The van der Waals surface area contributed by atoms with Crippen LogP contribution >= 0.6 is 0 Å². The summed E-state index contributed by atoms with van der Waals surface area (Å²) in [7, 11) is -0.210. The molecule has 1 amide bonds. The summed E-state index contributed by atoms with van der Waals surface area (Å²) in [6, 6.07) is 7.94. The van der Waals surface area contributed by atoms with E-state index < -0.39 is 10.0 Å². The lowest BCUT2D eigenvalue weighted by Gasteiger charge is -2.22. The molecule has 134 valence electrons. The molecule has 8 heteroatoms. The Morgan fingerprint density at radius 2 is 2.04 bits per heavy atom. The minimum Gasteiger partial charge on any atom is -0.347 e. The number of fused-ring (bicyclic) bond motifs is 1. The topological polar surface area (TPSA) is 84.3 Å². The molecule has 0 fully saturated rings. The molecule has 25 heavy (non-hydrogen) atoms. The highest BCUT2D eigenvalue weighted by Crippen LogP contribution is 2.30. The molecule has 0 radical (unpaired) electrons. The maximum absolute atomic E-state index is 12.6. The lowest BCUT2D eigenvalue weighted by Crippen LogP contribution is -2.31. The van der Waals surface area contributed by atoms with Gasteiger partial charge in [-0.1, -0.05) is 18.2 Å². The highest BCUT2D eigenvalue weighted by atomic mass is 32.2. The Morgan fingerprint density at radius 3 is 2.72 bits per heavy atom. The summed E-state index contributed by atoms with van der Waals surface area (Å²) in [6.45, 7) is 0.151. The van der Waals surface area contributed by atoms with Crippen molar-refractivity contribution < 1.29 is 13.2 Å². The van der Waals surface area contributed by atoms with Crippen LogP contribution < -0.4 is 4.72 Å². The van der Waals surface area contributed by atoms with Crippen LogP contribution in [0.15, 0.2) is 41.4 Å². The van der Waals surface area contributed by atoms with Crippen molar-refractivity contribution in [1.82, 2.24) is 19.4 Å². The van der Waals surface area contributed by atoms with Crippen molar-refractivity contribution in [3.05, 3.63) is 47.8 Å². The second kappa shape index (κ2) is 6.97. The first-order chi connectivity index (χ1) is 11.9. The Labute approximate surface area is 147 Å². The Bertz CT molecular complexity index is 859. The fourth-order valence-corrected chi connectivity index (χ4v) is 4.18. The van der Waals surface area contributed by atoms with Gasteiger partial charge < -0.3 is 4.90 Å². The molecule has 1 aromatic heterocycles. The number of hydrogen-bond donors (Lipinski definition) is 1. The number of amides is 1. The average Bonchev–Trinajstić information content (AvgIpc) is 2.99. The van der Waals surface area contributed by atoms with Crippen LogP contribution in [0.4, 0.5) is 0 Å². The zero-order valence-corrected chi connectivity index (χ0v) is 15.2. The van der Waals surface area contributed by atoms with Crippen molar-refractivity contribution in [2.45, 2.75) is 36.7 Å². The Morgan fingerprint density at radius 1 is 1.32 bits per heavy atom. The van der Waals surface area contributed by atoms with Crippen LogP contribution in [0.25, 0.3) is 0 Å². The van der Waals surface area contributed by atoms with Crippen LogP contribution in [0.5, 0.6) is 0 Å². The van der Waals surface area contributed by atoms with Crippen LogP contribution in [-0.4, -0.2) is 43.1 Å². The first kappa shape index (κ1) is 17.6. The molecule has 1 heterocycles. The van der Waals surface area contributed by atoms with Crippen LogP contribution in [0, 0.1) is 0 Å². The number of carbonyl (C=O) groups excluding carboxylic acids is 1. The standard InChI is InChI=1S/C17H22N4O3S/c1-20(2)16(22)12-21-11-13-7-6-10-15(17(13)18-21)19-25(23,24)14-8-4-3-5-9-14/h3-5,8-9,11,15,19H,6-7,10,12H2,1-2H3/t15-/m0/s1. The smallest absolute Gasteiger partial charge is 0.243 e. The fraction of sp³-hybridized carbons (Fsp3) is 0.412. The molecule has 0 spiro atoms. The van der Waals surface area contributed by atoms with Gasteiger partial charge in [-0.15, -0.1) is 0 Å². The van der Waals surface area contributed by atoms with E-state index in [1.165, 1.54) is 4.90 Å². The summed E-state index contributed by atoms with van der Waals surface area (Å²) in [5.74, 6) is -0.0544. The predicted molar refractivity (Wildman–Crippen MR) is 93.4 cm³/mol. The molecule has 0 unspecified atom stereocenters. The monoisotopic (exact) mass is 362 g/mol. The van der Waals surface area contributed by atoms with E-state index >= 15 is 0 Å². The maximum atomic E-state index is 12.6. The van der Waals surface area contributed by atoms with Crippen LogP contribution in [0.3, 0.4) is 0 Å². The molecule has 1 aliphatic carbocycles. The van der Waals surface area contributed by atoms with E-state index in [9.17, 15) is 13.2 Å². The van der Waals surface area contributed by atoms with Gasteiger partial charge in [0.2, 0.25) is 15.9 Å². The van der Waals surface area contributed by atoms with E-state index in [0.717, 1.165) is 24.1 Å². The number of aryl methyl sites for hydroxylation is 1. The first-order valence-electron chi connectivity index (χ1n) is 8.20. The number of hydrogen-bond acceptors (Lipinski definition) is 4. The van der Waals surface area contributed by atoms with E-state index in [-0.39, 0.29) is 23.4 Å². The molecule has 0 bridgehead atoms. The van der Waals surface area contributed by atoms with Crippen LogP contribution in [0.2, 0.25) is 0 Å². The lowest BCUT2D eigenvalue weighted by molar-refractivity contribution is -0.129. The number of likely N-dealkylation sites (N-methyl/N-ethyl adjacent to an activating group) is 1. The predicted octanol–water partition coefficient (Wildman–Crippen LogP) is 1.33. The zero-order chi connectivity index (χ0) is 18.0. The Balaban J connectivity index is 1.82. The third kappa shape index (κ3) is 3.91. The van der Waals surface area contributed by atoms with Gasteiger partial charge in [-0.05, 0) is 37.0 Å². The van der Waals surface area contributed by atoms with Gasteiger partial charge in [0, 0.05) is 20.3 Å². The zero-order valence-electron chi connectivity index (χ0n) is 14.3. The molecule has 1 N–H and O–H groups in total. The van der Waals surface area contributed by atoms with E-state index in [1.54, 1.807) is 49.1 Å². The Hall–Kier alpha value is -2.19. The number of sulfonamides is 1. The van der Waals surface area contributed by atoms with Crippen molar-refractivity contribution in [2.24, 2.45) is 0 Å². The van der Waals surface area contributed by atoms with Gasteiger partial charge in [-0.25, -0.2) is 13.1 Å². The molecular formula is C17H22N4O3S. The van der Waals surface area contributed by atoms with Gasteiger partial charge in [0.15, 0.2) is 0 Å². The Kier molecular flexibility index (Phi) is 4.91. The highest BCUT2D eigenvalue weighted by molar-refractivity contribution is 7.89. The molecule has 1 aromatic carbocycles. The van der Waals surface area contributed by atoms with Crippen molar-refractivity contribution in [1.29, 1.82) is 0 Å². The van der Waals surface area contributed by atoms with Gasteiger partial charge in [0.05, 0.1) is 16.6 Å². The van der Waals surface area contributed by atoms with Crippen molar-refractivity contribution in [3.63, 3.8) is 0 Å². The van der Waals surface area contributed by atoms with Gasteiger partial charge in [0.1, 0.15) is 6.54 Å². The number of rotatable bonds is 5. The third-order valence-corrected chi connectivity index (χ3v) is 5.77. The molecule has 0 saturated carbocycles. The second-order valence-electron chi connectivity index (χ2n) is 6.40. The largest absolute Gasteiger partial charge is 0.347 e. The van der Waals surface area contributed by atoms with Crippen LogP contribution in [0.1, 0.15) is 30.1 Å². The van der Waals surface area contributed by atoms with E-state index in [0.29, 0.717) is 6.42 Å². The molecule has 0 aliphatic heterocycles. The number of nitrogens with zero attached hydrogens (tertiary/aromatic N) is 3. The summed E-state index contributed by atoms with van der Waals surface area (Å²) in [5.41, 5.74) is 1.72. The molecule has 3 rings (SSSR count). The van der Waals surface area contributed by atoms with Crippen molar-refractivity contribution >= 4 is 15.9 Å². The van der Waals surface area contributed by atoms with Gasteiger partial charge in [0.25, 0.3) is 0 Å². The molecule has 1 atom stereocenters. The summed E-state index contributed by atoms with van der Waals surface area (Å²) >= 11 is 0. The summed E-state index contributed by atoms with van der Waals surface area (Å²) in [5, 5.41) is 4.47. The summed E-state index contributed by atoms with van der Waals surface area (Å²) in [4.78, 5) is 13.6. The maximum Gasteiger partial charge on any atom is 0.243 e. The first-order valence-corrected chi connectivity index (χ1v) is 9.69. The normalized spacial score (nSPS) is 17.1. The summed E-state index contributed by atoms with van der Waals surface area (Å²) < 4.78 is 29.5. The van der Waals surface area contributed by atoms with Crippen molar-refractivity contribution in [3.8, 4) is 0 Å². The van der Waals surface area contributed by atoms with Crippen LogP contribution in [-0.2, 0) is 27.8 Å². The molecular weight excluding hydrogens is 340 g/mol. The van der Waals surface area contributed by atoms with Crippen molar-refractivity contribution in [2.75, 3.05) is 14.1 Å². The number of benzene rings is 1. The van der Waals surface area contributed by atoms with Gasteiger partial charge in [-0.3, -0.25) is 9.48 Å². The fourth-order valence-electron chi connectivity index (χ4n) is 2.93. The third-order valence-electron chi connectivity index (χ3n) is 4.29.